The van der Waals surface area contributed by atoms with Crippen molar-refractivity contribution in [3.63, 3.8) is 0 Å². The van der Waals surface area contributed by atoms with E-state index in [0.29, 0.717) is 28.5 Å². The van der Waals surface area contributed by atoms with Gasteiger partial charge >= 0.3 is 5.97 Å². The largest absolute Gasteiger partial charge is 0.493 e. The third-order valence-electron chi connectivity index (χ3n) is 3.54. The van der Waals surface area contributed by atoms with Crippen molar-refractivity contribution in [3.05, 3.63) is 76.4 Å². The maximum atomic E-state index is 12.1. The summed E-state index contributed by atoms with van der Waals surface area (Å²) >= 11 is 3.46. The molecule has 0 saturated heterocycles. The summed E-state index contributed by atoms with van der Waals surface area (Å²) in [5, 5.41) is 0. The Bertz CT molecular complexity index is 904. The van der Waals surface area contributed by atoms with Crippen LogP contribution in [0.1, 0.15) is 11.1 Å². The average Bonchev–Trinajstić information content (AvgIpc) is 3.02. The smallest absolute Gasteiger partial charge is 0.363 e. The van der Waals surface area contributed by atoms with Crippen molar-refractivity contribution in [2.24, 2.45) is 4.99 Å². The standard InChI is InChI=1S/C20H16BrNO4/c1-3-9-25-18-15(21)10-13(12-17(18)24-2)11-16-20(23)26-19(22-16)14-7-5-4-6-8-14/h3-8,10-12H,1,9H2,2H3. The quantitative estimate of drug-likeness (QED) is 0.400. The van der Waals surface area contributed by atoms with Crippen LogP contribution in [0.2, 0.25) is 0 Å². The Hall–Kier alpha value is -2.86. The molecule has 5 nitrogen and oxygen atoms in total. The highest BCUT2D eigenvalue weighted by molar-refractivity contribution is 9.10. The lowest BCUT2D eigenvalue weighted by Crippen LogP contribution is -2.05. The van der Waals surface area contributed by atoms with Crippen molar-refractivity contribution in [1.29, 1.82) is 0 Å². The number of cyclic esters (lactones) is 1. The molecule has 0 aliphatic carbocycles. The predicted octanol–water partition coefficient (Wildman–Crippen LogP) is 4.37. The summed E-state index contributed by atoms with van der Waals surface area (Å²) < 4.78 is 16.9. The summed E-state index contributed by atoms with van der Waals surface area (Å²) in [6.07, 6.45) is 3.29. The van der Waals surface area contributed by atoms with Gasteiger partial charge in [0.2, 0.25) is 5.90 Å². The van der Waals surface area contributed by atoms with Crippen LogP contribution in [0.15, 0.2) is 70.3 Å². The topological polar surface area (TPSA) is 57.1 Å². The zero-order chi connectivity index (χ0) is 18.5. The number of carbonyl (C=O) groups is 1. The fraction of sp³-hybridized carbons (Fsp3) is 0.100. The second-order valence-corrected chi connectivity index (χ2v) is 6.19. The van der Waals surface area contributed by atoms with Crippen molar-refractivity contribution in [3.8, 4) is 11.5 Å². The third kappa shape index (κ3) is 3.86. The van der Waals surface area contributed by atoms with Crippen molar-refractivity contribution in [1.82, 2.24) is 0 Å². The van der Waals surface area contributed by atoms with Gasteiger partial charge in [0.05, 0.1) is 11.6 Å². The average molecular weight is 414 g/mol. The highest BCUT2D eigenvalue weighted by atomic mass is 79.9. The minimum absolute atomic E-state index is 0.220. The summed E-state index contributed by atoms with van der Waals surface area (Å²) in [6, 6.07) is 12.9. The highest BCUT2D eigenvalue weighted by Crippen LogP contribution is 2.37. The second kappa shape index (κ2) is 8.01. The van der Waals surface area contributed by atoms with Crippen LogP contribution < -0.4 is 9.47 Å². The van der Waals surface area contributed by atoms with Crippen LogP contribution in [0.3, 0.4) is 0 Å². The molecule has 0 N–H and O–H groups in total. The molecule has 1 aliphatic heterocycles. The summed E-state index contributed by atoms with van der Waals surface area (Å²) in [4.78, 5) is 16.4. The molecule has 0 fully saturated rings. The SMILES string of the molecule is C=CCOc1c(Br)cc(C=C2N=C(c3ccccc3)OC2=O)cc1OC. The van der Waals surface area contributed by atoms with E-state index in [9.17, 15) is 4.79 Å². The molecule has 132 valence electrons. The molecule has 2 aromatic carbocycles. The number of hydrogen-bond donors (Lipinski definition) is 0. The fourth-order valence-corrected chi connectivity index (χ4v) is 2.95. The number of ether oxygens (including phenoxy) is 3. The van der Waals surface area contributed by atoms with E-state index in [4.69, 9.17) is 14.2 Å². The summed E-state index contributed by atoms with van der Waals surface area (Å²) in [5.74, 6) is 0.897. The molecule has 6 heteroatoms. The van der Waals surface area contributed by atoms with Crippen molar-refractivity contribution in [2.45, 2.75) is 0 Å². The van der Waals surface area contributed by atoms with Crippen molar-refractivity contribution >= 4 is 33.9 Å². The van der Waals surface area contributed by atoms with Gasteiger partial charge in [0.15, 0.2) is 17.2 Å². The predicted molar refractivity (Wildman–Crippen MR) is 103 cm³/mol. The molecule has 0 saturated carbocycles. The van der Waals surface area contributed by atoms with E-state index in [1.165, 1.54) is 0 Å². The second-order valence-electron chi connectivity index (χ2n) is 5.34. The lowest BCUT2D eigenvalue weighted by molar-refractivity contribution is -0.129. The molecule has 0 amide bonds. The molecular weight excluding hydrogens is 398 g/mol. The Balaban J connectivity index is 1.94. The first-order valence-corrected chi connectivity index (χ1v) is 8.61. The van der Waals surface area contributed by atoms with E-state index in [1.807, 2.05) is 36.4 Å². The number of aliphatic imine (C=N–C) groups is 1. The first-order valence-electron chi connectivity index (χ1n) is 7.81. The molecule has 1 heterocycles. The molecule has 0 unspecified atom stereocenters. The normalized spacial score (nSPS) is 14.8. The molecule has 0 radical (unpaired) electrons. The maximum absolute atomic E-state index is 12.1. The van der Waals surface area contributed by atoms with Gasteiger partial charge in [-0.15, -0.1) is 0 Å². The molecular formula is C20H16BrNO4. The lowest BCUT2D eigenvalue weighted by Gasteiger charge is -2.12. The Morgan fingerprint density at radius 3 is 2.73 bits per heavy atom. The first-order chi connectivity index (χ1) is 12.6. The van der Waals surface area contributed by atoms with E-state index in [0.717, 1.165) is 11.1 Å². The number of benzene rings is 2. The van der Waals surface area contributed by atoms with Gasteiger partial charge in [0.1, 0.15) is 6.61 Å². The number of hydrogen-bond acceptors (Lipinski definition) is 5. The molecule has 0 aromatic heterocycles. The molecule has 0 atom stereocenters. The van der Waals surface area contributed by atoms with Crippen LogP contribution in [0.25, 0.3) is 6.08 Å². The Morgan fingerprint density at radius 2 is 2.04 bits per heavy atom. The highest BCUT2D eigenvalue weighted by Gasteiger charge is 2.24. The van der Waals surface area contributed by atoms with E-state index in [-0.39, 0.29) is 5.70 Å². The summed E-state index contributed by atoms with van der Waals surface area (Å²) in [6.45, 7) is 3.98. The van der Waals surface area contributed by atoms with E-state index in [1.54, 1.807) is 25.3 Å². The van der Waals surface area contributed by atoms with E-state index >= 15 is 0 Å². The summed E-state index contributed by atoms with van der Waals surface area (Å²) in [5.41, 5.74) is 1.69. The van der Waals surface area contributed by atoms with Gasteiger partial charge in [-0.05, 0) is 51.8 Å². The molecule has 3 rings (SSSR count). The maximum Gasteiger partial charge on any atom is 0.363 e. The van der Waals surface area contributed by atoms with Gasteiger partial charge in [-0.1, -0.05) is 30.9 Å². The van der Waals surface area contributed by atoms with Gasteiger partial charge in [-0.2, -0.15) is 0 Å². The van der Waals surface area contributed by atoms with E-state index in [2.05, 4.69) is 27.5 Å². The number of halogens is 1. The van der Waals surface area contributed by atoms with Crippen LogP contribution in [0, 0.1) is 0 Å². The number of rotatable bonds is 6. The van der Waals surface area contributed by atoms with Crippen LogP contribution in [-0.2, 0) is 9.53 Å². The fourth-order valence-electron chi connectivity index (χ4n) is 2.38. The molecule has 0 spiro atoms. The van der Waals surface area contributed by atoms with Gasteiger partial charge in [0.25, 0.3) is 0 Å². The zero-order valence-electron chi connectivity index (χ0n) is 14.1. The van der Waals surface area contributed by atoms with Gasteiger partial charge < -0.3 is 14.2 Å². The Kier molecular flexibility index (Phi) is 5.53. The monoisotopic (exact) mass is 413 g/mol. The lowest BCUT2D eigenvalue weighted by atomic mass is 10.1. The minimum atomic E-state index is -0.495. The van der Waals surface area contributed by atoms with Crippen LogP contribution >= 0.6 is 15.9 Å². The van der Waals surface area contributed by atoms with Crippen LogP contribution in [0.4, 0.5) is 0 Å². The van der Waals surface area contributed by atoms with Crippen LogP contribution in [0.5, 0.6) is 11.5 Å². The Labute approximate surface area is 159 Å². The number of carbonyl (C=O) groups excluding carboxylic acids is 1. The zero-order valence-corrected chi connectivity index (χ0v) is 15.7. The molecule has 2 aromatic rings. The Morgan fingerprint density at radius 1 is 1.27 bits per heavy atom. The molecule has 1 aliphatic rings. The third-order valence-corrected chi connectivity index (χ3v) is 4.13. The number of esters is 1. The number of nitrogens with zero attached hydrogens (tertiary/aromatic N) is 1. The van der Waals surface area contributed by atoms with Crippen molar-refractivity contribution in [2.75, 3.05) is 13.7 Å². The van der Waals surface area contributed by atoms with Gasteiger partial charge in [-0.25, -0.2) is 9.79 Å². The van der Waals surface area contributed by atoms with Gasteiger partial charge in [-0.3, -0.25) is 0 Å². The number of methoxy groups -OCH3 is 1. The van der Waals surface area contributed by atoms with Crippen molar-refractivity contribution < 1.29 is 19.0 Å². The molecule has 0 bridgehead atoms. The van der Waals surface area contributed by atoms with Crippen LogP contribution in [-0.4, -0.2) is 25.6 Å². The molecule has 26 heavy (non-hydrogen) atoms. The van der Waals surface area contributed by atoms with E-state index < -0.39 is 5.97 Å². The minimum Gasteiger partial charge on any atom is -0.493 e. The first kappa shape index (κ1) is 17.9. The summed E-state index contributed by atoms with van der Waals surface area (Å²) in [7, 11) is 1.55. The van der Waals surface area contributed by atoms with Gasteiger partial charge in [0, 0.05) is 5.56 Å².